The summed E-state index contributed by atoms with van der Waals surface area (Å²) in [5.74, 6) is 1.92. The Bertz CT molecular complexity index is 356. The predicted octanol–water partition coefficient (Wildman–Crippen LogP) is 3.18. The summed E-state index contributed by atoms with van der Waals surface area (Å²) in [6, 6.07) is 0. The molecule has 4 aliphatic carbocycles. The minimum atomic E-state index is 0.171. The molecule has 0 heterocycles. The molecule has 0 saturated heterocycles. The third kappa shape index (κ3) is 0.755. The van der Waals surface area contributed by atoms with Crippen LogP contribution in [0.1, 0.15) is 52.4 Å². The van der Waals surface area contributed by atoms with Crippen LogP contribution in [-0.2, 0) is 4.79 Å². The Morgan fingerprint density at radius 1 is 1.07 bits per heavy atom. The fraction of sp³-hybridized carbons (Fsp3) is 0.929. The number of rotatable bonds is 0. The molecule has 82 valence electrons. The van der Waals surface area contributed by atoms with Gasteiger partial charge in [0.1, 0.15) is 5.78 Å². The number of hydrogen-bond acceptors (Lipinski definition) is 1. The summed E-state index contributed by atoms with van der Waals surface area (Å²) in [7, 11) is 0. The lowest BCUT2D eigenvalue weighted by Crippen LogP contribution is -2.36. The normalized spacial score (nSPS) is 65.3. The highest BCUT2D eigenvalue weighted by molar-refractivity contribution is 5.91. The number of carbonyl (C=O) groups is 1. The molecule has 0 aromatic heterocycles. The molecule has 0 aromatic rings. The first-order chi connectivity index (χ1) is 6.99. The molecule has 2 bridgehead atoms. The van der Waals surface area contributed by atoms with Crippen molar-refractivity contribution in [1.29, 1.82) is 0 Å². The van der Waals surface area contributed by atoms with Crippen LogP contribution in [0.15, 0.2) is 0 Å². The fourth-order valence-corrected chi connectivity index (χ4v) is 5.62. The Morgan fingerprint density at radius 3 is 2.27 bits per heavy atom. The summed E-state index contributed by atoms with van der Waals surface area (Å²) in [6.07, 6.45) is 7.64. The lowest BCUT2D eigenvalue weighted by atomic mass is 9.67. The van der Waals surface area contributed by atoms with E-state index in [4.69, 9.17) is 0 Å². The molecule has 0 radical (unpaired) electrons. The molecular formula is C14H20O. The van der Waals surface area contributed by atoms with Crippen LogP contribution < -0.4 is 0 Å². The summed E-state index contributed by atoms with van der Waals surface area (Å²) in [5.41, 5.74) is 1.24. The van der Waals surface area contributed by atoms with E-state index in [-0.39, 0.29) is 5.41 Å². The van der Waals surface area contributed by atoms with Crippen molar-refractivity contribution in [2.24, 2.45) is 28.1 Å². The maximum atomic E-state index is 12.4. The van der Waals surface area contributed by atoms with Crippen LogP contribution in [0.25, 0.3) is 0 Å². The van der Waals surface area contributed by atoms with Crippen molar-refractivity contribution in [2.45, 2.75) is 52.4 Å². The van der Waals surface area contributed by atoms with Crippen molar-refractivity contribution in [2.75, 3.05) is 0 Å². The molecular weight excluding hydrogens is 184 g/mol. The molecule has 4 fully saturated rings. The summed E-state index contributed by atoms with van der Waals surface area (Å²) < 4.78 is 0. The molecule has 4 rings (SSSR count). The first-order valence-electron chi connectivity index (χ1n) is 6.54. The third-order valence-corrected chi connectivity index (χ3v) is 6.60. The number of carbonyl (C=O) groups excluding carboxylic acids is 1. The number of fused-ring (bicyclic) bond motifs is 4. The summed E-state index contributed by atoms with van der Waals surface area (Å²) in [6.45, 7) is 4.84. The molecule has 0 aromatic carbocycles. The zero-order valence-electron chi connectivity index (χ0n) is 9.81. The molecule has 4 atom stereocenters. The highest BCUT2D eigenvalue weighted by atomic mass is 16.1. The molecule has 0 aliphatic heterocycles. The van der Waals surface area contributed by atoms with Gasteiger partial charge in [0.25, 0.3) is 0 Å². The molecule has 15 heavy (non-hydrogen) atoms. The maximum absolute atomic E-state index is 12.4. The zero-order valence-corrected chi connectivity index (χ0v) is 9.81. The van der Waals surface area contributed by atoms with Gasteiger partial charge in [0.05, 0.1) is 0 Å². The van der Waals surface area contributed by atoms with Gasteiger partial charge in [0, 0.05) is 11.3 Å². The van der Waals surface area contributed by atoms with E-state index in [9.17, 15) is 4.79 Å². The first-order valence-corrected chi connectivity index (χ1v) is 6.54. The Hall–Kier alpha value is -0.330. The van der Waals surface area contributed by atoms with Gasteiger partial charge in [-0.15, -0.1) is 0 Å². The molecule has 1 heteroatoms. The van der Waals surface area contributed by atoms with Crippen molar-refractivity contribution < 1.29 is 4.79 Å². The van der Waals surface area contributed by atoms with Crippen LogP contribution in [0.4, 0.5) is 0 Å². The van der Waals surface area contributed by atoms with Crippen molar-refractivity contribution >= 4 is 5.78 Å². The second-order valence-electron chi connectivity index (χ2n) is 7.38. The van der Waals surface area contributed by atoms with E-state index in [1.807, 2.05) is 0 Å². The Balaban J connectivity index is 1.77. The Kier molecular flexibility index (Phi) is 1.20. The summed E-state index contributed by atoms with van der Waals surface area (Å²) in [5, 5.41) is 0. The van der Waals surface area contributed by atoms with Gasteiger partial charge in [0.2, 0.25) is 0 Å². The highest BCUT2D eigenvalue weighted by Crippen LogP contribution is 2.81. The zero-order chi connectivity index (χ0) is 10.5. The predicted molar refractivity (Wildman–Crippen MR) is 58.3 cm³/mol. The second-order valence-corrected chi connectivity index (χ2v) is 7.38. The second kappa shape index (κ2) is 2.06. The highest BCUT2D eigenvalue weighted by Gasteiger charge is 2.75. The van der Waals surface area contributed by atoms with Gasteiger partial charge in [-0.3, -0.25) is 4.79 Å². The monoisotopic (exact) mass is 204 g/mol. The lowest BCUT2D eigenvalue weighted by Gasteiger charge is -2.35. The molecule has 2 unspecified atom stereocenters. The van der Waals surface area contributed by atoms with Crippen molar-refractivity contribution in [1.82, 2.24) is 0 Å². The SMILES string of the molecule is CC12CC3(CC1(C)C2)C(=O)[C@@H]1CC[C@H]3C1. The maximum Gasteiger partial charge on any atom is 0.142 e. The number of hydrogen-bond donors (Lipinski definition) is 0. The number of Topliss-reactive ketones (excluding diaryl/α,β-unsaturated/α-hetero) is 1. The lowest BCUT2D eigenvalue weighted by molar-refractivity contribution is -0.133. The van der Waals surface area contributed by atoms with E-state index >= 15 is 0 Å². The molecule has 1 spiro atoms. The van der Waals surface area contributed by atoms with Crippen molar-refractivity contribution in [3.63, 3.8) is 0 Å². The molecule has 0 N–H and O–H groups in total. The Morgan fingerprint density at radius 2 is 1.73 bits per heavy atom. The van der Waals surface area contributed by atoms with Crippen LogP contribution in [0.5, 0.6) is 0 Å². The topological polar surface area (TPSA) is 17.1 Å². The van der Waals surface area contributed by atoms with Gasteiger partial charge in [-0.1, -0.05) is 13.8 Å². The minimum Gasteiger partial charge on any atom is -0.299 e. The van der Waals surface area contributed by atoms with Crippen LogP contribution in [-0.4, -0.2) is 5.78 Å². The number of ketones is 1. The third-order valence-electron chi connectivity index (χ3n) is 6.60. The van der Waals surface area contributed by atoms with Gasteiger partial charge < -0.3 is 0 Å². The smallest absolute Gasteiger partial charge is 0.142 e. The van der Waals surface area contributed by atoms with Crippen LogP contribution in [0, 0.1) is 28.1 Å². The summed E-state index contributed by atoms with van der Waals surface area (Å²) >= 11 is 0. The van der Waals surface area contributed by atoms with Crippen molar-refractivity contribution in [3.05, 3.63) is 0 Å². The van der Waals surface area contributed by atoms with Crippen LogP contribution >= 0.6 is 0 Å². The minimum absolute atomic E-state index is 0.171. The van der Waals surface area contributed by atoms with Gasteiger partial charge >= 0.3 is 0 Å². The van der Waals surface area contributed by atoms with E-state index in [0.717, 1.165) is 5.92 Å². The van der Waals surface area contributed by atoms with Crippen LogP contribution in [0.2, 0.25) is 0 Å². The summed E-state index contributed by atoms with van der Waals surface area (Å²) in [4.78, 5) is 12.4. The van der Waals surface area contributed by atoms with E-state index in [1.54, 1.807) is 0 Å². The average Bonchev–Trinajstić information content (AvgIpc) is 2.61. The van der Waals surface area contributed by atoms with E-state index in [0.29, 0.717) is 22.5 Å². The van der Waals surface area contributed by atoms with Gasteiger partial charge in [-0.05, 0) is 55.3 Å². The Labute approximate surface area is 91.6 Å². The first kappa shape index (κ1) is 8.78. The molecule has 0 amide bonds. The quantitative estimate of drug-likeness (QED) is 0.592. The standard InChI is InChI=1S/C14H20O/c1-12-6-13(12,2)8-14(7-12)10-4-3-9(5-10)11(14)15/h9-10H,3-8H2,1-2H3/t9-,10+,12?,13?,14?/m1/s1. The molecule has 4 aliphatic rings. The van der Waals surface area contributed by atoms with Gasteiger partial charge in [-0.25, -0.2) is 0 Å². The van der Waals surface area contributed by atoms with E-state index in [2.05, 4.69) is 13.8 Å². The van der Waals surface area contributed by atoms with Crippen molar-refractivity contribution in [3.8, 4) is 0 Å². The van der Waals surface area contributed by atoms with Gasteiger partial charge in [0.15, 0.2) is 0 Å². The van der Waals surface area contributed by atoms with Gasteiger partial charge in [-0.2, -0.15) is 0 Å². The average molecular weight is 204 g/mol. The largest absolute Gasteiger partial charge is 0.299 e. The molecule has 4 saturated carbocycles. The molecule has 1 nitrogen and oxygen atoms in total. The van der Waals surface area contributed by atoms with E-state index < -0.39 is 0 Å². The van der Waals surface area contributed by atoms with Crippen LogP contribution in [0.3, 0.4) is 0 Å². The fourth-order valence-electron chi connectivity index (χ4n) is 5.62. The van der Waals surface area contributed by atoms with E-state index in [1.165, 1.54) is 38.5 Å².